The number of fused-ring (bicyclic) bond motifs is 20. The molecule has 8 bridgehead atoms. The number of nitrogens with one attached hydrogen (secondary N) is 2. The van der Waals surface area contributed by atoms with E-state index >= 15 is 0 Å². The van der Waals surface area contributed by atoms with Crippen LogP contribution in [0.1, 0.15) is 12.6 Å². The molecule has 16 heteroatoms. The van der Waals surface area contributed by atoms with Crippen LogP contribution < -0.4 is 18.9 Å². The molecule has 2 N–H and O–H groups in total. The number of H-pyrrole nitrogens is 2. The van der Waals surface area contributed by atoms with Gasteiger partial charge in [-0.15, -0.1) is 0 Å². The number of aromatic nitrogens is 13. The molecule has 2 aliphatic rings. The molecule has 0 fully saturated rings. The summed E-state index contributed by atoms with van der Waals surface area (Å²) >= 11 is 0. The van der Waals surface area contributed by atoms with Gasteiger partial charge in [-0.25, -0.2) is 29.9 Å². The number of benzene rings is 5. The van der Waals surface area contributed by atoms with Crippen LogP contribution in [0.2, 0.25) is 0 Å². The SMILES string of the molecule is N#Cc1cccc(-c2ccncc2)c1C#N.[H-].[Li+].c1cc(-c2ccncc2)c2c(c1)-c1nc-2nc2[nH]c(nc3nc(nc4[nH]c(n1)c1c(-c5ccncc5)cccc41)-c1c(-c4ccncc4)cccc1-3)c1c(-c3ccncc3)cccc21. The van der Waals surface area contributed by atoms with Crippen LogP contribution in [0.25, 0.3) is 145 Å². The fraction of sp³-hybridized carbons (Fsp3) is 0. The third kappa shape index (κ3) is 8.79. The smallest absolute Gasteiger partial charge is 1.00 e. The van der Waals surface area contributed by atoms with Gasteiger partial charge in [0.2, 0.25) is 0 Å². The first-order chi connectivity index (χ1) is 39.6. The van der Waals surface area contributed by atoms with Crippen LogP contribution in [0.4, 0.5) is 0 Å². The van der Waals surface area contributed by atoms with Gasteiger partial charge in [-0.1, -0.05) is 84.9 Å². The average molecular weight is 1040 g/mol. The molecule has 0 atom stereocenters. The summed E-state index contributed by atoms with van der Waals surface area (Å²) in [5, 5.41) is 21.5. The molecule has 81 heavy (non-hydrogen) atoms. The van der Waals surface area contributed by atoms with Crippen molar-refractivity contribution in [1.82, 2.24) is 64.8 Å². The number of hydrogen-bond acceptors (Lipinski definition) is 13. The summed E-state index contributed by atoms with van der Waals surface area (Å²) in [5.74, 6) is 2.03. The van der Waals surface area contributed by atoms with Gasteiger partial charge >= 0.3 is 18.9 Å². The van der Waals surface area contributed by atoms with Crippen molar-refractivity contribution >= 4 is 44.1 Å². The molecule has 13 aromatic rings. The van der Waals surface area contributed by atoms with Gasteiger partial charge in [-0.2, -0.15) is 10.5 Å². The van der Waals surface area contributed by atoms with Gasteiger partial charge in [-0.3, -0.25) is 24.9 Å². The Labute approximate surface area is 475 Å². The molecular formula is C65H38LiN15. The minimum absolute atomic E-state index is 0. The van der Waals surface area contributed by atoms with Crippen molar-refractivity contribution in [2.24, 2.45) is 0 Å². The molecule has 5 aromatic carbocycles. The summed E-state index contributed by atoms with van der Waals surface area (Å²) in [6, 6.07) is 53.7. The average Bonchev–Trinajstić information content (AvgIpc) is 3.78. The largest absolute Gasteiger partial charge is 1.00 e. The van der Waals surface area contributed by atoms with Crippen LogP contribution in [-0.2, 0) is 0 Å². The maximum absolute atomic E-state index is 9.07. The normalized spacial score (nSPS) is 11.1. The maximum atomic E-state index is 9.07. The Morgan fingerprint density at radius 1 is 0.309 bits per heavy atom. The molecule has 0 aliphatic carbocycles. The molecule has 15 rings (SSSR count). The fourth-order valence-corrected chi connectivity index (χ4v) is 10.6. The van der Waals surface area contributed by atoms with Crippen molar-refractivity contribution in [2.45, 2.75) is 0 Å². The molecule has 8 aromatic heterocycles. The van der Waals surface area contributed by atoms with Crippen LogP contribution in [-0.4, -0.2) is 64.8 Å². The van der Waals surface area contributed by atoms with E-state index in [0.717, 1.165) is 99.4 Å². The predicted molar refractivity (Wildman–Crippen MR) is 309 cm³/mol. The first kappa shape index (κ1) is 49.4. The summed E-state index contributed by atoms with van der Waals surface area (Å²) in [7, 11) is 0. The Hall–Kier alpha value is -11.2. The number of hydrogen-bond donors (Lipinski definition) is 2. The van der Waals surface area contributed by atoms with E-state index in [0.29, 0.717) is 57.0 Å². The van der Waals surface area contributed by atoms with E-state index in [1.807, 2.05) is 97.1 Å². The second-order valence-corrected chi connectivity index (χ2v) is 18.7. The third-order valence-electron chi connectivity index (χ3n) is 14.2. The minimum atomic E-state index is 0. The second-order valence-electron chi connectivity index (χ2n) is 18.7. The van der Waals surface area contributed by atoms with Crippen molar-refractivity contribution in [2.75, 3.05) is 0 Å². The number of nitriles is 2. The number of aromatic amines is 2. The number of nitrogens with zero attached hydrogens (tertiary/aromatic N) is 13. The molecular weight excluding hydrogens is 998 g/mol. The summed E-state index contributed by atoms with van der Waals surface area (Å²) < 4.78 is 0. The standard InChI is InChI=1S/C52H30N12.C13H7N3.Li.H/c1-5-33(29-13-21-53-22-14-29)41-37(9-1)45-57-49(41)62-46-39-11-3-7-35(31-17-25-55-26-18-31)43(39)51(59-46)64-48-40-12-4-8-36(32-19-27-56-28-20-32)44(40)52(60-48)63-47-38-10-2-6-34(30-15-23-54-24-16-30)42(38)50(58-47)61-45;14-8-11-2-1-3-12(13(11)9-15)10-4-6-16-7-5-10;;/h1-28H,(H2,57,58,59,60,61,62,63,64);1-7H;;/q;;+1;-1. The van der Waals surface area contributed by atoms with Crippen molar-refractivity contribution in [3.8, 4) is 113 Å². The molecule has 10 heterocycles. The fourth-order valence-electron chi connectivity index (χ4n) is 10.6. The monoisotopic (exact) mass is 1040 g/mol. The molecule has 0 saturated carbocycles. The zero-order chi connectivity index (χ0) is 53.5. The first-order valence-corrected chi connectivity index (χ1v) is 25.4. The molecule has 2 aliphatic heterocycles. The molecule has 0 radical (unpaired) electrons. The Bertz CT molecular complexity index is 4600. The summed E-state index contributed by atoms with van der Waals surface area (Å²) in [6.45, 7) is 0. The van der Waals surface area contributed by atoms with Gasteiger partial charge in [0.1, 0.15) is 34.7 Å². The molecule has 15 nitrogen and oxygen atoms in total. The van der Waals surface area contributed by atoms with Crippen molar-refractivity contribution in [3.05, 3.63) is 225 Å². The molecule has 0 unspecified atom stereocenters. The Kier molecular flexibility index (Phi) is 12.8. The van der Waals surface area contributed by atoms with Crippen LogP contribution in [0.15, 0.2) is 214 Å². The molecule has 0 spiro atoms. The van der Waals surface area contributed by atoms with Gasteiger partial charge < -0.3 is 11.4 Å². The van der Waals surface area contributed by atoms with E-state index in [9.17, 15) is 0 Å². The summed E-state index contributed by atoms with van der Waals surface area (Å²) in [4.78, 5) is 60.7. The van der Waals surface area contributed by atoms with Gasteiger partial charge in [0, 0.05) is 111 Å². The van der Waals surface area contributed by atoms with Gasteiger partial charge in [0.05, 0.1) is 11.1 Å². The Morgan fingerprint density at radius 2 is 0.630 bits per heavy atom. The van der Waals surface area contributed by atoms with E-state index < -0.39 is 0 Å². The Balaban J connectivity index is 0.000000320. The topological polar surface area (TPSA) is 221 Å². The summed E-state index contributed by atoms with van der Waals surface area (Å²) in [6.07, 6.45) is 17.7. The third-order valence-corrected chi connectivity index (χ3v) is 14.2. The van der Waals surface area contributed by atoms with Gasteiger partial charge in [0.25, 0.3) is 0 Å². The van der Waals surface area contributed by atoms with E-state index in [1.54, 1.807) is 74.1 Å². The summed E-state index contributed by atoms with van der Waals surface area (Å²) in [5.41, 5.74) is 16.0. The second kappa shape index (κ2) is 21.0. The van der Waals surface area contributed by atoms with E-state index in [-0.39, 0.29) is 20.3 Å². The van der Waals surface area contributed by atoms with Crippen LogP contribution in [0.3, 0.4) is 0 Å². The van der Waals surface area contributed by atoms with Gasteiger partial charge in [-0.05, 0) is 117 Å². The maximum Gasteiger partial charge on any atom is 1.00 e. The zero-order valence-corrected chi connectivity index (χ0v) is 43.0. The number of pyridine rings is 5. The minimum Gasteiger partial charge on any atom is -1.00 e. The van der Waals surface area contributed by atoms with Crippen molar-refractivity contribution in [3.63, 3.8) is 0 Å². The first-order valence-electron chi connectivity index (χ1n) is 25.4. The van der Waals surface area contributed by atoms with Crippen LogP contribution in [0, 0.1) is 22.7 Å². The van der Waals surface area contributed by atoms with Crippen LogP contribution >= 0.6 is 0 Å². The number of rotatable bonds is 5. The van der Waals surface area contributed by atoms with Gasteiger partial charge in [0.15, 0.2) is 23.3 Å². The molecule has 374 valence electrons. The van der Waals surface area contributed by atoms with E-state index in [4.69, 9.17) is 40.4 Å². The van der Waals surface area contributed by atoms with Crippen molar-refractivity contribution in [1.29, 1.82) is 10.5 Å². The van der Waals surface area contributed by atoms with E-state index in [1.165, 1.54) is 0 Å². The van der Waals surface area contributed by atoms with Crippen molar-refractivity contribution < 1.29 is 20.3 Å². The molecule has 0 saturated heterocycles. The predicted octanol–water partition coefficient (Wildman–Crippen LogP) is 10.7. The Morgan fingerprint density at radius 3 is 1.02 bits per heavy atom. The van der Waals surface area contributed by atoms with E-state index in [2.05, 4.69) is 89.5 Å². The van der Waals surface area contributed by atoms with Crippen LogP contribution in [0.5, 0.6) is 0 Å². The molecule has 0 amide bonds. The quantitative estimate of drug-likeness (QED) is 0.153. The zero-order valence-electron chi connectivity index (χ0n) is 44.0.